The zero-order valence-electron chi connectivity index (χ0n) is 8.72. The highest BCUT2D eigenvalue weighted by Crippen LogP contribution is 2.05. The first kappa shape index (κ1) is 13.2. The van der Waals surface area contributed by atoms with Crippen LogP contribution in [0.25, 0.3) is 0 Å². The Morgan fingerprint density at radius 3 is 2.54 bits per heavy atom. The number of carbonyl (C=O) groups excluding carboxylic acids is 1. The van der Waals surface area contributed by atoms with Crippen LogP contribution in [0.3, 0.4) is 0 Å². The van der Waals surface area contributed by atoms with Gasteiger partial charge in [0, 0.05) is 6.42 Å². The van der Waals surface area contributed by atoms with Gasteiger partial charge in [-0.1, -0.05) is 0 Å². The maximum absolute atomic E-state index is 10.0. The lowest BCUT2D eigenvalue weighted by Crippen LogP contribution is -2.35. The van der Waals surface area contributed by atoms with Crippen LogP contribution < -0.4 is 0 Å². The van der Waals surface area contributed by atoms with Crippen LogP contribution in [0.4, 0.5) is 0 Å². The van der Waals surface area contributed by atoms with Crippen LogP contribution in [0.5, 0.6) is 0 Å². The molecule has 0 N–H and O–H groups in total. The molecule has 3 nitrogen and oxygen atoms in total. The van der Waals surface area contributed by atoms with Crippen molar-refractivity contribution in [2.45, 2.75) is 38.7 Å². The zero-order chi connectivity index (χ0) is 10.3. The van der Waals surface area contributed by atoms with Gasteiger partial charge in [-0.3, -0.25) is 0 Å². The first-order valence-corrected chi connectivity index (χ1v) is 10.7. The molecule has 3 radical (unpaired) electrons. The molecule has 0 saturated heterocycles. The van der Waals surface area contributed by atoms with E-state index in [0.717, 1.165) is 12.3 Å². The second kappa shape index (κ2) is 6.66. The first-order valence-electron chi connectivity index (χ1n) is 4.31. The Balaban J connectivity index is 3.40. The van der Waals surface area contributed by atoms with Crippen molar-refractivity contribution < 1.29 is 13.0 Å². The Labute approximate surface area is 85.7 Å². The van der Waals surface area contributed by atoms with Crippen molar-refractivity contribution >= 4 is 33.7 Å². The largest absolute Gasteiger partial charge is 0.436 e. The van der Waals surface area contributed by atoms with Crippen molar-refractivity contribution in [2.24, 2.45) is 0 Å². The van der Waals surface area contributed by atoms with Crippen LogP contribution >= 0.6 is 0 Å². The summed E-state index contributed by atoms with van der Waals surface area (Å²) in [5.74, 6) is 0. The molecule has 0 saturated carbocycles. The van der Waals surface area contributed by atoms with Crippen molar-refractivity contribution in [1.82, 2.24) is 0 Å². The molecule has 0 unspecified atom stereocenters. The predicted octanol–water partition coefficient (Wildman–Crippen LogP) is 1.60. The fourth-order valence-electron chi connectivity index (χ4n) is 0.723. The number of hydrogen-bond acceptors (Lipinski definition) is 3. The van der Waals surface area contributed by atoms with E-state index >= 15 is 0 Å². The van der Waals surface area contributed by atoms with Crippen molar-refractivity contribution in [3.05, 3.63) is 0 Å². The van der Waals surface area contributed by atoms with Gasteiger partial charge in [-0.15, -0.1) is 0 Å². The lowest BCUT2D eigenvalue weighted by Gasteiger charge is -2.21. The SMILES string of the molecule is C[Si](O[Si]CCC=O)O[Si](C)(C)C. The molecule has 0 aliphatic heterocycles. The summed E-state index contributed by atoms with van der Waals surface area (Å²) in [6.45, 7) is 8.47. The molecule has 6 heteroatoms. The number of aldehydes is 1. The molecule has 75 valence electrons. The van der Waals surface area contributed by atoms with Gasteiger partial charge in [-0.25, -0.2) is 0 Å². The smallest absolute Gasteiger partial charge is 0.359 e. The lowest BCUT2D eigenvalue weighted by molar-refractivity contribution is -0.107. The maximum atomic E-state index is 10.0. The molecular formula is C7H17O3Si3. The van der Waals surface area contributed by atoms with E-state index in [9.17, 15) is 4.79 Å². The molecular weight excluding hydrogens is 216 g/mol. The minimum atomic E-state index is -1.43. The minimum Gasteiger partial charge on any atom is -0.436 e. The topological polar surface area (TPSA) is 35.5 Å². The fraction of sp³-hybridized carbons (Fsp3) is 0.857. The molecule has 0 aromatic heterocycles. The highest BCUT2D eigenvalue weighted by atomic mass is 28.4. The molecule has 0 rings (SSSR count). The van der Waals surface area contributed by atoms with Crippen LogP contribution in [0, 0.1) is 0 Å². The van der Waals surface area contributed by atoms with Crippen molar-refractivity contribution in [1.29, 1.82) is 0 Å². The molecule has 0 aromatic carbocycles. The third-order valence-electron chi connectivity index (χ3n) is 1.03. The summed E-state index contributed by atoms with van der Waals surface area (Å²) in [5, 5.41) is 0. The van der Waals surface area contributed by atoms with E-state index in [1.807, 2.05) is 6.55 Å². The van der Waals surface area contributed by atoms with Crippen molar-refractivity contribution in [3.8, 4) is 0 Å². The zero-order valence-corrected chi connectivity index (χ0v) is 11.7. The standard InChI is InChI=1S/C7H17O3Si3/c1-12(10-13(2,3)4)9-11-7-5-6-8/h6H,5,7H2,1-4H3. The molecule has 0 aliphatic carbocycles. The molecule has 0 fully saturated rings. The average molecular weight is 233 g/mol. The minimum absolute atomic E-state index is 0.417. The van der Waals surface area contributed by atoms with E-state index in [1.54, 1.807) is 0 Å². The Kier molecular flexibility index (Phi) is 6.78. The summed E-state index contributed by atoms with van der Waals surface area (Å²) in [6.07, 6.45) is 1.53. The van der Waals surface area contributed by atoms with Gasteiger partial charge in [0.1, 0.15) is 6.29 Å². The van der Waals surface area contributed by atoms with Crippen LogP contribution in [-0.4, -0.2) is 33.7 Å². The average Bonchev–Trinajstić information content (AvgIpc) is 1.94. The molecule has 0 atom stereocenters. The second-order valence-electron chi connectivity index (χ2n) is 3.66. The normalized spacial score (nSPS) is 12.1. The molecule has 0 amide bonds. The second-order valence-corrected chi connectivity index (χ2v) is 11.3. The van der Waals surface area contributed by atoms with E-state index in [2.05, 4.69) is 19.6 Å². The van der Waals surface area contributed by atoms with Gasteiger partial charge < -0.3 is 13.0 Å². The highest BCUT2D eigenvalue weighted by Gasteiger charge is 2.20. The Morgan fingerprint density at radius 1 is 1.46 bits per heavy atom. The monoisotopic (exact) mass is 233 g/mol. The van der Waals surface area contributed by atoms with E-state index in [1.165, 1.54) is 0 Å². The summed E-state index contributed by atoms with van der Waals surface area (Å²) in [7, 11) is -2.09. The van der Waals surface area contributed by atoms with Gasteiger partial charge >= 0.3 is 9.28 Å². The van der Waals surface area contributed by atoms with E-state index < -0.39 is 17.6 Å². The maximum Gasteiger partial charge on any atom is 0.359 e. The Hall–Kier alpha value is 0.241. The van der Waals surface area contributed by atoms with Crippen LogP contribution in [0.1, 0.15) is 6.42 Å². The lowest BCUT2D eigenvalue weighted by atomic mass is 10.6. The summed E-state index contributed by atoms with van der Waals surface area (Å²) in [6, 6.07) is 0.834. The third-order valence-corrected chi connectivity index (χ3v) is 6.85. The van der Waals surface area contributed by atoms with Crippen molar-refractivity contribution in [3.63, 3.8) is 0 Å². The Morgan fingerprint density at radius 2 is 2.08 bits per heavy atom. The predicted molar refractivity (Wildman–Crippen MR) is 58.4 cm³/mol. The molecule has 0 aromatic rings. The van der Waals surface area contributed by atoms with E-state index in [4.69, 9.17) is 8.23 Å². The summed E-state index contributed by atoms with van der Waals surface area (Å²) >= 11 is 0. The number of carbonyl (C=O) groups is 1. The summed E-state index contributed by atoms with van der Waals surface area (Å²) in [5.41, 5.74) is 0. The van der Waals surface area contributed by atoms with Crippen LogP contribution in [0.15, 0.2) is 0 Å². The fourth-order valence-corrected chi connectivity index (χ4v) is 6.17. The molecule has 0 spiro atoms. The van der Waals surface area contributed by atoms with Gasteiger partial charge in [0.2, 0.25) is 9.76 Å². The van der Waals surface area contributed by atoms with Gasteiger partial charge in [-0.2, -0.15) is 0 Å². The van der Waals surface area contributed by atoms with Gasteiger partial charge in [0.15, 0.2) is 8.32 Å². The Bertz CT molecular complexity index is 146. The molecule has 13 heavy (non-hydrogen) atoms. The quantitative estimate of drug-likeness (QED) is 0.381. The third kappa shape index (κ3) is 10.2. The van der Waals surface area contributed by atoms with Gasteiger partial charge in [-0.05, 0) is 32.2 Å². The number of rotatable bonds is 7. The highest BCUT2D eigenvalue weighted by molar-refractivity contribution is 6.76. The summed E-state index contributed by atoms with van der Waals surface area (Å²) in [4.78, 5) is 10.0. The van der Waals surface area contributed by atoms with E-state index in [0.29, 0.717) is 16.2 Å². The summed E-state index contributed by atoms with van der Waals surface area (Å²) < 4.78 is 11.3. The first-order chi connectivity index (χ1) is 5.95. The van der Waals surface area contributed by atoms with Crippen LogP contribution in [0.2, 0.25) is 32.2 Å². The van der Waals surface area contributed by atoms with E-state index in [-0.39, 0.29) is 0 Å². The molecule has 0 heterocycles. The van der Waals surface area contributed by atoms with Gasteiger partial charge in [0.25, 0.3) is 0 Å². The van der Waals surface area contributed by atoms with Crippen LogP contribution in [-0.2, 0) is 13.0 Å². The molecule has 0 bridgehead atoms. The molecule has 0 aliphatic rings. The van der Waals surface area contributed by atoms with Crippen molar-refractivity contribution in [2.75, 3.05) is 0 Å². The van der Waals surface area contributed by atoms with Gasteiger partial charge in [0.05, 0.1) is 0 Å². The number of hydrogen-bond donors (Lipinski definition) is 0.